The third kappa shape index (κ3) is 3.94. The second-order valence-corrected chi connectivity index (χ2v) is 4.20. The summed E-state index contributed by atoms with van der Waals surface area (Å²) in [4.78, 5) is 28.9. The molecule has 6 nitrogen and oxygen atoms in total. The molecule has 0 aliphatic rings. The van der Waals surface area contributed by atoms with Gasteiger partial charge >= 0.3 is 5.97 Å². The van der Waals surface area contributed by atoms with E-state index < -0.39 is 11.9 Å². The van der Waals surface area contributed by atoms with E-state index in [0.29, 0.717) is 0 Å². The number of aromatic nitrogens is 1. The average molecular weight is 266 g/mol. The highest BCUT2D eigenvalue weighted by atomic mass is 16.5. The number of carbonyl (C=O) groups excluding carboxylic acids is 2. The molecule has 19 heavy (non-hydrogen) atoms. The van der Waals surface area contributed by atoms with Gasteiger partial charge in [0.25, 0.3) is 5.91 Å². The van der Waals surface area contributed by atoms with Crippen molar-refractivity contribution in [2.24, 2.45) is 0 Å². The summed E-state index contributed by atoms with van der Waals surface area (Å²) in [5.41, 5.74) is -0.0690. The van der Waals surface area contributed by atoms with Crippen molar-refractivity contribution >= 4 is 11.9 Å². The normalized spacial score (nSPS) is 10.3. The Balaban J connectivity index is 2.91. The molecule has 0 saturated carbocycles. The van der Waals surface area contributed by atoms with Crippen LogP contribution < -0.4 is 0 Å². The Kier molecular flexibility index (Phi) is 5.29. The quantitative estimate of drug-likeness (QED) is 0.810. The zero-order valence-corrected chi connectivity index (χ0v) is 11.3. The van der Waals surface area contributed by atoms with Gasteiger partial charge in [-0.1, -0.05) is 0 Å². The molecule has 0 atom stereocenters. The molecule has 1 aromatic rings. The number of esters is 1. The number of hydrogen-bond donors (Lipinski definition) is 1. The molecule has 1 aromatic heterocycles. The van der Waals surface area contributed by atoms with Gasteiger partial charge in [0.2, 0.25) is 0 Å². The summed E-state index contributed by atoms with van der Waals surface area (Å²) >= 11 is 0. The number of carbonyl (C=O) groups is 2. The first-order valence-corrected chi connectivity index (χ1v) is 6.08. The van der Waals surface area contributed by atoms with Crippen LogP contribution in [-0.4, -0.2) is 46.1 Å². The van der Waals surface area contributed by atoms with E-state index in [1.807, 2.05) is 0 Å². The highest BCUT2D eigenvalue weighted by Crippen LogP contribution is 2.16. The van der Waals surface area contributed by atoms with Crippen molar-refractivity contribution in [2.75, 3.05) is 13.2 Å². The van der Waals surface area contributed by atoms with Crippen LogP contribution in [0.15, 0.2) is 18.3 Å². The standard InChI is InChI=1S/C13H18N2O4/c1-4-19-11(17)8-15(9(2)3)13(18)12-10(16)6-5-7-14-12/h5-7,9,16H,4,8H2,1-3H3. The molecule has 0 aliphatic heterocycles. The fraction of sp³-hybridized carbons (Fsp3) is 0.462. The van der Waals surface area contributed by atoms with E-state index in [1.54, 1.807) is 20.8 Å². The molecule has 0 radical (unpaired) electrons. The van der Waals surface area contributed by atoms with Crippen LogP contribution >= 0.6 is 0 Å². The summed E-state index contributed by atoms with van der Waals surface area (Å²) in [5, 5.41) is 9.62. The SMILES string of the molecule is CCOC(=O)CN(C(=O)c1ncccc1O)C(C)C. The summed E-state index contributed by atoms with van der Waals surface area (Å²) in [5.74, 6) is -1.19. The zero-order chi connectivity index (χ0) is 14.4. The predicted octanol–water partition coefficient (Wildman–Crippen LogP) is 1.20. The van der Waals surface area contributed by atoms with E-state index >= 15 is 0 Å². The van der Waals surface area contributed by atoms with Crippen LogP contribution in [0.2, 0.25) is 0 Å². The summed E-state index contributed by atoms with van der Waals surface area (Å²) in [6.07, 6.45) is 1.41. The lowest BCUT2D eigenvalue weighted by Gasteiger charge is -2.25. The van der Waals surface area contributed by atoms with Gasteiger partial charge in [-0.2, -0.15) is 0 Å². The molecule has 6 heteroatoms. The van der Waals surface area contributed by atoms with Gasteiger partial charge in [0.15, 0.2) is 5.69 Å². The molecule has 1 rings (SSSR count). The van der Waals surface area contributed by atoms with E-state index in [-0.39, 0.29) is 30.6 Å². The number of pyridine rings is 1. The van der Waals surface area contributed by atoms with Gasteiger partial charge in [0.1, 0.15) is 12.3 Å². The molecule has 0 fully saturated rings. The maximum atomic E-state index is 12.2. The van der Waals surface area contributed by atoms with Crippen LogP contribution in [0.4, 0.5) is 0 Å². The largest absolute Gasteiger partial charge is 0.505 e. The number of rotatable bonds is 5. The molecule has 0 bridgehead atoms. The van der Waals surface area contributed by atoms with Gasteiger partial charge in [0.05, 0.1) is 6.61 Å². The van der Waals surface area contributed by atoms with Crippen molar-refractivity contribution in [1.82, 2.24) is 9.88 Å². The second kappa shape index (κ2) is 6.72. The van der Waals surface area contributed by atoms with Gasteiger partial charge in [0, 0.05) is 12.2 Å². The van der Waals surface area contributed by atoms with E-state index in [1.165, 1.54) is 23.2 Å². The third-order valence-electron chi connectivity index (χ3n) is 2.48. The highest BCUT2D eigenvalue weighted by Gasteiger charge is 2.25. The second-order valence-electron chi connectivity index (χ2n) is 4.20. The minimum atomic E-state index is -0.499. The Labute approximate surface area is 112 Å². The van der Waals surface area contributed by atoms with Crippen LogP contribution in [-0.2, 0) is 9.53 Å². The molecule has 0 aliphatic carbocycles. The minimum absolute atomic E-state index is 0.0690. The molecule has 0 spiro atoms. The number of ether oxygens (including phenoxy) is 1. The van der Waals surface area contributed by atoms with Crippen LogP contribution in [0.3, 0.4) is 0 Å². The Bertz CT molecular complexity index is 460. The van der Waals surface area contributed by atoms with Crippen LogP contribution in [0.5, 0.6) is 5.75 Å². The summed E-state index contributed by atoms with van der Waals surface area (Å²) in [7, 11) is 0. The molecular formula is C13H18N2O4. The fourth-order valence-corrected chi connectivity index (χ4v) is 1.53. The van der Waals surface area contributed by atoms with Gasteiger partial charge in [-0.15, -0.1) is 0 Å². The van der Waals surface area contributed by atoms with Crippen molar-refractivity contribution in [1.29, 1.82) is 0 Å². The van der Waals surface area contributed by atoms with Crippen LogP contribution in [0, 0.1) is 0 Å². The average Bonchev–Trinajstić information content (AvgIpc) is 2.36. The molecule has 0 saturated heterocycles. The molecule has 1 N–H and O–H groups in total. The summed E-state index contributed by atoms with van der Waals surface area (Å²) in [6.45, 7) is 5.34. The highest BCUT2D eigenvalue weighted by molar-refractivity contribution is 5.96. The van der Waals surface area contributed by atoms with E-state index in [9.17, 15) is 14.7 Å². The number of hydrogen-bond acceptors (Lipinski definition) is 5. The Hall–Kier alpha value is -2.11. The first-order chi connectivity index (χ1) is 8.97. The predicted molar refractivity (Wildman–Crippen MR) is 68.7 cm³/mol. The lowest BCUT2D eigenvalue weighted by molar-refractivity contribution is -0.144. The molecule has 1 heterocycles. The lowest BCUT2D eigenvalue weighted by Crippen LogP contribution is -2.41. The molecule has 0 unspecified atom stereocenters. The number of aromatic hydroxyl groups is 1. The van der Waals surface area contributed by atoms with Crippen LogP contribution in [0.1, 0.15) is 31.3 Å². The summed E-state index contributed by atoms with van der Waals surface area (Å²) in [6, 6.07) is 2.69. The Morgan fingerprint density at radius 1 is 1.47 bits per heavy atom. The topological polar surface area (TPSA) is 79.7 Å². The van der Waals surface area contributed by atoms with Crippen LogP contribution in [0.25, 0.3) is 0 Å². The van der Waals surface area contributed by atoms with Crippen molar-refractivity contribution in [3.05, 3.63) is 24.0 Å². The van der Waals surface area contributed by atoms with E-state index in [4.69, 9.17) is 4.74 Å². The van der Waals surface area contributed by atoms with Crippen molar-refractivity contribution < 1.29 is 19.4 Å². The first kappa shape index (κ1) is 14.9. The third-order valence-corrected chi connectivity index (χ3v) is 2.48. The molecular weight excluding hydrogens is 248 g/mol. The first-order valence-electron chi connectivity index (χ1n) is 6.08. The van der Waals surface area contributed by atoms with Gasteiger partial charge in [-0.25, -0.2) is 4.98 Å². The maximum absolute atomic E-state index is 12.2. The van der Waals surface area contributed by atoms with Gasteiger partial charge in [-0.3, -0.25) is 9.59 Å². The smallest absolute Gasteiger partial charge is 0.325 e. The monoisotopic (exact) mass is 266 g/mol. The fourth-order valence-electron chi connectivity index (χ4n) is 1.53. The number of amides is 1. The van der Waals surface area contributed by atoms with Gasteiger partial charge < -0.3 is 14.7 Å². The Morgan fingerprint density at radius 3 is 2.68 bits per heavy atom. The van der Waals surface area contributed by atoms with Crippen molar-refractivity contribution in [2.45, 2.75) is 26.8 Å². The molecule has 104 valence electrons. The lowest BCUT2D eigenvalue weighted by atomic mass is 10.2. The van der Waals surface area contributed by atoms with E-state index in [2.05, 4.69) is 4.98 Å². The van der Waals surface area contributed by atoms with E-state index in [0.717, 1.165) is 0 Å². The minimum Gasteiger partial charge on any atom is -0.505 e. The summed E-state index contributed by atoms with van der Waals surface area (Å²) < 4.78 is 4.82. The molecule has 0 aromatic carbocycles. The van der Waals surface area contributed by atoms with Gasteiger partial charge in [-0.05, 0) is 32.9 Å². The number of nitrogens with zero attached hydrogens (tertiary/aromatic N) is 2. The maximum Gasteiger partial charge on any atom is 0.325 e. The zero-order valence-electron chi connectivity index (χ0n) is 11.3. The molecule has 1 amide bonds. The van der Waals surface area contributed by atoms with Crippen molar-refractivity contribution in [3.8, 4) is 5.75 Å². The Morgan fingerprint density at radius 2 is 2.16 bits per heavy atom. The van der Waals surface area contributed by atoms with Crippen molar-refractivity contribution in [3.63, 3.8) is 0 Å².